The van der Waals surface area contributed by atoms with Gasteiger partial charge in [0.1, 0.15) is 11.5 Å². The van der Waals surface area contributed by atoms with Gasteiger partial charge in [0.15, 0.2) is 5.13 Å². The van der Waals surface area contributed by atoms with Crippen molar-refractivity contribution in [1.82, 2.24) is 4.98 Å². The predicted molar refractivity (Wildman–Crippen MR) is 105 cm³/mol. The number of benzene rings is 3. The molecule has 1 amide bonds. The Hall–Kier alpha value is -3.12. The van der Waals surface area contributed by atoms with E-state index < -0.39 is 0 Å². The number of hydrogen-bond acceptors (Lipinski definition) is 5. The highest BCUT2D eigenvalue weighted by molar-refractivity contribution is 7.23. The summed E-state index contributed by atoms with van der Waals surface area (Å²) in [5, 5.41) is 5.71. The summed E-state index contributed by atoms with van der Waals surface area (Å²) in [5.41, 5.74) is 1.29. The van der Waals surface area contributed by atoms with Crippen molar-refractivity contribution in [3.8, 4) is 11.5 Å². The molecule has 0 radical (unpaired) electrons. The Morgan fingerprint density at radius 3 is 2.69 bits per heavy atom. The van der Waals surface area contributed by atoms with Crippen molar-refractivity contribution < 1.29 is 14.3 Å². The summed E-state index contributed by atoms with van der Waals surface area (Å²) >= 11 is 1.46. The Balaban J connectivity index is 1.69. The maximum Gasteiger partial charge on any atom is 0.261 e. The smallest absolute Gasteiger partial charge is 0.261 e. The molecule has 0 saturated heterocycles. The van der Waals surface area contributed by atoms with E-state index in [1.165, 1.54) is 18.4 Å². The van der Waals surface area contributed by atoms with Gasteiger partial charge in [0.25, 0.3) is 5.91 Å². The van der Waals surface area contributed by atoms with Gasteiger partial charge < -0.3 is 9.47 Å². The highest BCUT2D eigenvalue weighted by Crippen LogP contribution is 2.33. The molecule has 0 aliphatic rings. The highest BCUT2D eigenvalue weighted by atomic mass is 32.1. The van der Waals surface area contributed by atoms with Crippen molar-refractivity contribution in [2.24, 2.45) is 0 Å². The van der Waals surface area contributed by atoms with E-state index in [0.717, 1.165) is 21.0 Å². The van der Waals surface area contributed by atoms with E-state index in [1.807, 2.05) is 24.3 Å². The van der Waals surface area contributed by atoms with E-state index in [9.17, 15) is 4.79 Å². The van der Waals surface area contributed by atoms with Crippen LogP contribution in [-0.2, 0) is 0 Å². The molecule has 26 heavy (non-hydrogen) atoms. The topological polar surface area (TPSA) is 60.5 Å². The normalized spacial score (nSPS) is 10.8. The Morgan fingerprint density at radius 2 is 1.88 bits per heavy atom. The number of nitrogens with one attached hydrogen (secondary N) is 1. The van der Waals surface area contributed by atoms with Crippen LogP contribution in [0.4, 0.5) is 5.13 Å². The zero-order valence-electron chi connectivity index (χ0n) is 14.3. The summed E-state index contributed by atoms with van der Waals surface area (Å²) in [5.74, 6) is 0.811. The number of rotatable bonds is 4. The van der Waals surface area contributed by atoms with Gasteiger partial charge in [-0.2, -0.15) is 0 Å². The summed E-state index contributed by atoms with van der Waals surface area (Å²) in [6, 6.07) is 17.2. The summed E-state index contributed by atoms with van der Waals surface area (Å²) in [7, 11) is 3.09. The molecule has 0 unspecified atom stereocenters. The molecule has 0 atom stereocenters. The Bertz CT molecular complexity index is 1120. The second-order valence-corrected chi connectivity index (χ2v) is 6.67. The van der Waals surface area contributed by atoms with Gasteiger partial charge >= 0.3 is 0 Å². The van der Waals surface area contributed by atoms with Crippen LogP contribution in [0.15, 0.2) is 54.6 Å². The summed E-state index contributed by atoms with van der Waals surface area (Å²) in [6.45, 7) is 0. The van der Waals surface area contributed by atoms with Crippen molar-refractivity contribution >= 4 is 43.4 Å². The van der Waals surface area contributed by atoms with Crippen LogP contribution in [0.2, 0.25) is 0 Å². The quantitative estimate of drug-likeness (QED) is 0.569. The third-order valence-corrected chi connectivity index (χ3v) is 5.17. The Labute approximate surface area is 154 Å². The molecular formula is C20H16N2O3S. The Morgan fingerprint density at radius 1 is 1.04 bits per heavy atom. The second-order valence-electron chi connectivity index (χ2n) is 5.67. The molecule has 0 aliphatic heterocycles. The third-order valence-electron chi connectivity index (χ3n) is 4.15. The van der Waals surface area contributed by atoms with Crippen LogP contribution in [0.25, 0.3) is 21.0 Å². The monoisotopic (exact) mass is 364 g/mol. The zero-order chi connectivity index (χ0) is 18.1. The lowest BCUT2D eigenvalue weighted by Crippen LogP contribution is -2.13. The maximum atomic E-state index is 12.7. The van der Waals surface area contributed by atoms with Crippen molar-refractivity contribution in [3.05, 3.63) is 60.2 Å². The van der Waals surface area contributed by atoms with Gasteiger partial charge in [0.2, 0.25) is 0 Å². The molecule has 0 aliphatic carbocycles. The maximum absolute atomic E-state index is 12.7. The minimum absolute atomic E-state index is 0.270. The van der Waals surface area contributed by atoms with Crippen LogP contribution >= 0.6 is 11.3 Å². The van der Waals surface area contributed by atoms with Gasteiger partial charge in [-0.05, 0) is 23.6 Å². The van der Waals surface area contributed by atoms with Gasteiger partial charge in [-0.25, -0.2) is 4.98 Å². The van der Waals surface area contributed by atoms with Crippen molar-refractivity contribution in [2.45, 2.75) is 0 Å². The lowest BCUT2D eigenvalue weighted by molar-refractivity contribution is 0.102. The van der Waals surface area contributed by atoms with Crippen LogP contribution in [-0.4, -0.2) is 25.1 Å². The number of aromatic nitrogens is 1. The molecule has 0 bridgehead atoms. The van der Waals surface area contributed by atoms with Crippen molar-refractivity contribution in [2.75, 3.05) is 19.5 Å². The first-order valence-corrected chi connectivity index (χ1v) is 8.83. The molecule has 5 nitrogen and oxygen atoms in total. The molecule has 130 valence electrons. The summed E-state index contributed by atoms with van der Waals surface area (Å²) in [4.78, 5) is 17.2. The first-order valence-electron chi connectivity index (χ1n) is 8.01. The minimum Gasteiger partial charge on any atom is -0.497 e. The fourth-order valence-electron chi connectivity index (χ4n) is 2.86. The molecule has 6 heteroatoms. The van der Waals surface area contributed by atoms with Crippen LogP contribution in [0, 0.1) is 0 Å². The van der Waals surface area contributed by atoms with Gasteiger partial charge in [0.05, 0.1) is 30.0 Å². The largest absolute Gasteiger partial charge is 0.497 e. The molecule has 0 spiro atoms. The first-order chi connectivity index (χ1) is 12.7. The molecular weight excluding hydrogens is 348 g/mol. The van der Waals surface area contributed by atoms with Gasteiger partial charge in [-0.15, -0.1) is 0 Å². The summed E-state index contributed by atoms with van der Waals surface area (Å²) in [6.07, 6.45) is 0. The van der Waals surface area contributed by atoms with Crippen LogP contribution in [0.3, 0.4) is 0 Å². The van der Waals surface area contributed by atoms with E-state index in [-0.39, 0.29) is 5.91 Å². The molecule has 1 heterocycles. The number of thiazole rings is 1. The number of ether oxygens (including phenoxy) is 2. The molecule has 3 aromatic carbocycles. The van der Waals surface area contributed by atoms with Crippen molar-refractivity contribution in [3.63, 3.8) is 0 Å². The number of amides is 1. The molecule has 0 saturated carbocycles. The van der Waals surface area contributed by atoms with E-state index in [0.29, 0.717) is 22.2 Å². The average molecular weight is 364 g/mol. The molecule has 1 aromatic heterocycles. The van der Waals surface area contributed by atoms with E-state index in [2.05, 4.69) is 22.4 Å². The predicted octanol–water partition coefficient (Wildman–Crippen LogP) is 4.72. The van der Waals surface area contributed by atoms with Gasteiger partial charge in [-0.3, -0.25) is 10.1 Å². The fraction of sp³-hybridized carbons (Fsp3) is 0.100. The standard InChI is InChI=1S/C20H16N2O3S/c1-24-13-8-9-15(17(11-13)25-2)19(23)22-20-21-16-10-7-12-5-3-4-6-14(12)18(16)26-20/h3-11H,1-2H3,(H,21,22,23). The molecule has 4 rings (SSSR count). The van der Waals surface area contributed by atoms with Crippen LogP contribution in [0.5, 0.6) is 11.5 Å². The van der Waals surface area contributed by atoms with E-state index in [1.54, 1.807) is 25.3 Å². The minimum atomic E-state index is -0.270. The van der Waals surface area contributed by atoms with Crippen LogP contribution in [0.1, 0.15) is 10.4 Å². The number of anilines is 1. The van der Waals surface area contributed by atoms with Crippen LogP contribution < -0.4 is 14.8 Å². The summed E-state index contributed by atoms with van der Waals surface area (Å²) < 4.78 is 11.5. The molecule has 4 aromatic rings. The fourth-order valence-corrected chi connectivity index (χ4v) is 3.85. The highest BCUT2D eigenvalue weighted by Gasteiger charge is 2.16. The van der Waals surface area contributed by atoms with E-state index >= 15 is 0 Å². The number of nitrogens with zero attached hydrogens (tertiary/aromatic N) is 1. The van der Waals surface area contributed by atoms with Gasteiger partial charge in [-0.1, -0.05) is 41.7 Å². The molecule has 1 N–H and O–H groups in total. The van der Waals surface area contributed by atoms with Gasteiger partial charge in [0, 0.05) is 11.5 Å². The van der Waals surface area contributed by atoms with E-state index in [4.69, 9.17) is 9.47 Å². The SMILES string of the molecule is COc1ccc(C(=O)Nc2nc3ccc4ccccc4c3s2)c(OC)c1. The zero-order valence-corrected chi connectivity index (χ0v) is 15.1. The number of methoxy groups -OCH3 is 2. The molecule has 0 fully saturated rings. The first kappa shape index (κ1) is 16.4. The number of fused-ring (bicyclic) bond motifs is 3. The third kappa shape index (κ3) is 2.84. The lowest BCUT2D eigenvalue weighted by Gasteiger charge is -2.09. The number of hydrogen-bond donors (Lipinski definition) is 1. The van der Waals surface area contributed by atoms with Crippen molar-refractivity contribution in [1.29, 1.82) is 0 Å². The number of carbonyl (C=O) groups is 1. The second kappa shape index (κ2) is 6.65. The average Bonchev–Trinajstić information content (AvgIpc) is 3.10. The Kier molecular flexibility index (Phi) is 4.18. The lowest BCUT2D eigenvalue weighted by atomic mass is 10.1. The number of carbonyl (C=O) groups excluding carboxylic acids is 1.